The van der Waals surface area contributed by atoms with Crippen molar-refractivity contribution >= 4 is 23.2 Å². The summed E-state index contributed by atoms with van der Waals surface area (Å²) in [6.45, 7) is 1.28. The van der Waals surface area contributed by atoms with Crippen LogP contribution in [0.25, 0.3) is 0 Å². The summed E-state index contributed by atoms with van der Waals surface area (Å²) in [5.41, 5.74) is 9.48. The molecule has 3 aromatic rings. The van der Waals surface area contributed by atoms with E-state index in [4.69, 9.17) is 5.73 Å². The molecule has 2 heterocycles. The van der Waals surface area contributed by atoms with E-state index in [1.807, 2.05) is 30.3 Å². The Balaban J connectivity index is 1.29. The molecule has 7 nitrogen and oxygen atoms in total. The van der Waals surface area contributed by atoms with Gasteiger partial charge in [0.1, 0.15) is 6.04 Å². The maximum Gasteiger partial charge on any atom is 0.416 e. The number of amides is 2. The van der Waals surface area contributed by atoms with E-state index in [1.165, 1.54) is 17.7 Å². The van der Waals surface area contributed by atoms with Crippen LogP contribution in [0.1, 0.15) is 41.0 Å². The highest BCUT2D eigenvalue weighted by atomic mass is 19.4. The number of likely N-dealkylation sites (tertiary alicyclic amines) is 1. The van der Waals surface area contributed by atoms with Crippen LogP contribution in [0.2, 0.25) is 0 Å². The smallest absolute Gasteiger partial charge is 0.397 e. The number of carbonyl (C=O) groups is 2. The van der Waals surface area contributed by atoms with Crippen LogP contribution in [-0.4, -0.2) is 48.9 Å². The average molecular weight is 580 g/mol. The first-order chi connectivity index (χ1) is 20.1. The van der Waals surface area contributed by atoms with Crippen LogP contribution in [0.5, 0.6) is 0 Å². The lowest BCUT2D eigenvalue weighted by Crippen LogP contribution is -2.51. The number of benzene rings is 3. The number of hydrogen-bond donors (Lipinski definition) is 4. The van der Waals surface area contributed by atoms with Gasteiger partial charge in [0.15, 0.2) is 0 Å². The van der Waals surface area contributed by atoms with Crippen molar-refractivity contribution in [2.24, 2.45) is 5.92 Å². The lowest BCUT2D eigenvalue weighted by molar-refractivity contribution is -0.139. The minimum atomic E-state index is -4.40. The molecule has 4 atom stereocenters. The fourth-order valence-corrected chi connectivity index (χ4v) is 6.09. The summed E-state index contributed by atoms with van der Waals surface area (Å²) in [6, 6.07) is 19.6. The van der Waals surface area contributed by atoms with Crippen molar-refractivity contribution in [1.82, 2.24) is 15.5 Å². The van der Waals surface area contributed by atoms with E-state index in [2.05, 4.69) is 28.1 Å². The molecule has 3 aromatic carbocycles. The second kappa shape index (κ2) is 12.4. The Morgan fingerprint density at radius 1 is 1.00 bits per heavy atom. The van der Waals surface area contributed by atoms with E-state index >= 15 is 0 Å². The highest BCUT2D eigenvalue weighted by Gasteiger charge is 2.43. The quantitative estimate of drug-likeness (QED) is 0.294. The summed E-state index contributed by atoms with van der Waals surface area (Å²) in [5, 5.41) is 9.33. The normalized spacial score (nSPS) is 22.2. The van der Waals surface area contributed by atoms with Crippen LogP contribution in [0.4, 0.5) is 24.5 Å². The third kappa shape index (κ3) is 6.70. The number of nitrogen functional groups attached to an aromatic ring is 1. The topological polar surface area (TPSA) is 99.5 Å². The minimum absolute atomic E-state index is 0.0710. The molecular weight excluding hydrogens is 543 g/mol. The van der Waals surface area contributed by atoms with Crippen molar-refractivity contribution in [3.05, 3.63) is 95.1 Å². The lowest BCUT2D eigenvalue weighted by atomic mass is 9.96. The molecule has 42 heavy (non-hydrogen) atoms. The van der Waals surface area contributed by atoms with E-state index in [0.717, 1.165) is 28.9 Å². The molecule has 0 spiro atoms. The molecular formula is C32H36F3N5O2. The van der Waals surface area contributed by atoms with Gasteiger partial charge in [-0.1, -0.05) is 48.5 Å². The molecule has 10 heteroatoms. The van der Waals surface area contributed by atoms with Crippen molar-refractivity contribution < 1.29 is 22.8 Å². The number of nitrogens with one attached hydrogen (secondary N) is 3. The Morgan fingerprint density at radius 2 is 1.71 bits per heavy atom. The van der Waals surface area contributed by atoms with E-state index in [1.54, 1.807) is 18.0 Å². The average Bonchev–Trinajstić information content (AvgIpc) is 3.64. The molecule has 0 saturated carbocycles. The van der Waals surface area contributed by atoms with Crippen LogP contribution in [0, 0.1) is 5.92 Å². The molecule has 222 valence electrons. The van der Waals surface area contributed by atoms with Crippen LogP contribution in [0.15, 0.2) is 72.8 Å². The second-order valence-corrected chi connectivity index (χ2v) is 11.2. The Kier molecular flexibility index (Phi) is 8.72. The van der Waals surface area contributed by atoms with Crippen molar-refractivity contribution in [2.45, 2.75) is 50.0 Å². The highest BCUT2D eigenvalue weighted by Crippen LogP contribution is 2.33. The molecule has 5 N–H and O–H groups in total. The summed E-state index contributed by atoms with van der Waals surface area (Å²) < 4.78 is 39.1. The maximum atomic E-state index is 13.8. The van der Waals surface area contributed by atoms with E-state index in [-0.39, 0.29) is 30.2 Å². The fourth-order valence-electron chi connectivity index (χ4n) is 6.09. The summed E-state index contributed by atoms with van der Waals surface area (Å²) in [7, 11) is 1.78. The molecule has 0 radical (unpaired) electrons. The predicted octanol–water partition coefficient (Wildman–Crippen LogP) is 4.55. The van der Waals surface area contributed by atoms with E-state index in [0.29, 0.717) is 38.0 Å². The van der Waals surface area contributed by atoms with E-state index in [9.17, 15) is 22.8 Å². The Hall–Kier alpha value is -4.05. The van der Waals surface area contributed by atoms with Gasteiger partial charge in [0.2, 0.25) is 11.8 Å². The molecule has 5 rings (SSSR count). The van der Waals surface area contributed by atoms with Crippen LogP contribution < -0.4 is 21.7 Å². The van der Waals surface area contributed by atoms with Gasteiger partial charge >= 0.3 is 6.18 Å². The Labute approximate surface area is 243 Å². The first kappa shape index (κ1) is 29.4. The van der Waals surface area contributed by atoms with Gasteiger partial charge in [-0.2, -0.15) is 13.2 Å². The zero-order valence-corrected chi connectivity index (χ0v) is 23.5. The van der Waals surface area contributed by atoms with Gasteiger partial charge in [0.25, 0.3) is 0 Å². The van der Waals surface area contributed by atoms with Crippen molar-refractivity contribution in [1.29, 1.82) is 0 Å². The zero-order chi connectivity index (χ0) is 29.9. The minimum Gasteiger partial charge on any atom is -0.397 e. The largest absolute Gasteiger partial charge is 0.416 e. The number of nitrogens with zero attached hydrogens (tertiary/aromatic N) is 1. The van der Waals surface area contributed by atoms with Crippen LogP contribution >= 0.6 is 0 Å². The van der Waals surface area contributed by atoms with Gasteiger partial charge in [0, 0.05) is 26.7 Å². The van der Waals surface area contributed by atoms with Gasteiger partial charge in [-0.05, 0) is 72.1 Å². The summed E-state index contributed by atoms with van der Waals surface area (Å²) >= 11 is 0. The van der Waals surface area contributed by atoms with Gasteiger partial charge in [0.05, 0.1) is 23.0 Å². The third-order valence-corrected chi connectivity index (χ3v) is 8.33. The first-order valence-electron chi connectivity index (χ1n) is 14.2. The summed E-state index contributed by atoms with van der Waals surface area (Å²) in [4.78, 5) is 29.0. The number of nitrogens with two attached hydrogens (primary N) is 1. The Morgan fingerprint density at radius 3 is 2.38 bits per heavy atom. The van der Waals surface area contributed by atoms with Crippen molar-refractivity contribution in [2.75, 3.05) is 31.2 Å². The standard InChI is InChI=1S/C32H36F3N5O2/c1-37-27-12-9-21(14-26(27)36)17-39-30(41)29-15-22(13-20-7-10-25(11-8-20)32(33,34)35)19-40(29)31(42)28-16-24(18-38-28)23-5-3-2-4-6-23/h2-12,14,22,24,28-29,37-38H,13,15-19,36H2,1H3,(H,39,41)/t22-,24-,28-,29+/m1/s1. The monoisotopic (exact) mass is 579 g/mol. The maximum absolute atomic E-state index is 13.8. The number of anilines is 2. The second-order valence-electron chi connectivity index (χ2n) is 11.2. The molecule has 2 aliphatic rings. The van der Waals surface area contributed by atoms with Gasteiger partial charge in [-0.15, -0.1) is 0 Å². The molecule has 0 aliphatic carbocycles. The van der Waals surface area contributed by atoms with Gasteiger partial charge in [-0.25, -0.2) is 0 Å². The molecule has 0 bridgehead atoms. The zero-order valence-electron chi connectivity index (χ0n) is 23.5. The van der Waals surface area contributed by atoms with E-state index < -0.39 is 23.8 Å². The highest BCUT2D eigenvalue weighted by molar-refractivity contribution is 5.90. The van der Waals surface area contributed by atoms with Crippen molar-refractivity contribution in [3.63, 3.8) is 0 Å². The predicted molar refractivity (Wildman–Crippen MR) is 157 cm³/mol. The lowest BCUT2D eigenvalue weighted by Gasteiger charge is -2.27. The van der Waals surface area contributed by atoms with Crippen molar-refractivity contribution in [3.8, 4) is 0 Å². The van der Waals surface area contributed by atoms with Crippen LogP contribution in [-0.2, 0) is 28.7 Å². The van der Waals surface area contributed by atoms with Gasteiger partial charge in [-0.3, -0.25) is 9.59 Å². The summed E-state index contributed by atoms with van der Waals surface area (Å²) in [6.07, 6.45) is -2.87. The SMILES string of the molecule is CNc1ccc(CNC(=O)[C@@H]2C[C@@H](Cc3ccc(C(F)(F)F)cc3)CN2C(=O)[C@H]2C[C@@H](c3ccccc3)CN2)cc1N. The number of carbonyl (C=O) groups excluding carboxylic acids is 2. The number of halogens is 3. The molecule has 0 unspecified atom stereocenters. The molecule has 2 fully saturated rings. The Bertz CT molecular complexity index is 1400. The molecule has 2 saturated heterocycles. The number of alkyl halides is 3. The molecule has 2 aliphatic heterocycles. The van der Waals surface area contributed by atoms with Crippen LogP contribution in [0.3, 0.4) is 0 Å². The molecule has 2 amide bonds. The first-order valence-corrected chi connectivity index (χ1v) is 14.2. The third-order valence-electron chi connectivity index (χ3n) is 8.33. The fraction of sp³-hybridized carbons (Fsp3) is 0.375. The number of hydrogen-bond acceptors (Lipinski definition) is 5. The number of rotatable bonds is 8. The van der Waals surface area contributed by atoms with Gasteiger partial charge < -0.3 is 26.6 Å². The molecule has 0 aromatic heterocycles. The summed E-state index contributed by atoms with van der Waals surface area (Å²) in [5.74, 6) is -0.249.